The zero-order chi connectivity index (χ0) is 21.7. The zero-order valence-corrected chi connectivity index (χ0v) is 19.4. The number of aromatic nitrogens is 1. The van der Waals surface area contributed by atoms with Crippen LogP contribution in [0.2, 0.25) is 0 Å². The van der Waals surface area contributed by atoms with Crippen LogP contribution in [0.5, 0.6) is 0 Å². The van der Waals surface area contributed by atoms with E-state index in [4.69, 9.17) is 4.98 Å². The monoisotopic (exact) mass is 417 g/mol. The molecule has 2 aromatic rings. The fourth-order valence-corrected chi connectivity index (χ4v) is 4.03. The molecule has 0 bridgehead atoms. The molecule has 0 unspecified atom stereocenters. The third kappa shape index (κ3) is 7.99. The van der Waals surface area contributed by atoms with Crippen LogP contribution in [0, 0.1) is 6.92 Å². The smallest absolute Gasteiger partial charge is 0.0708 e. The predicted molar refractivity (Wildman–Crippen MR) is 133 cm³/mol. The number of hydrogen-bond donors (Lipinski definition) is 1. The van der Waals surface area contributed by atoms with Gasteiger partial charge in [0.1, 0.15) is 0 Å². The third-order valence-electron chi connectivity index (χ3n) is 5.93. The predicted octanol–water partition coefficient (Wildman–Crippen LogP) is 6.14. The van der Waals surface area contributed by atoms with Crippen molar-refractivity contribution in [1.82, 2.24) is 15.2 Å². The molecule has 0 saturated carbocycles. The van der Waals surface area contributed by atoms with Gasteiger partial charge in [0.15, 0.2) is 0 Å². The first-order valence-corrected chi connectivity index (χ1v) is 12.1. The second-order valence-corrected chi connectivity index (χ2v) is 8.63. The van der Waals surface area contributed by atoms with Crippen molar-refractivity contribution in [2.75, 3.05) is 26.2 Å². The van der Waals surface area contributed by atoms with Gasteiger partial charge in [0.25, 0.3) is 0 Å². The van der Waals surface area contributed by atoms with Crippen LogP contribution in [0.15, 0.2) is 60.8 Å². The second-order valence-electron chi connectivity index (χ2n) is 8.63. The number of unbranched alkanes of at least 4 members (excludes halogenated alkanes) is 3. The van der Waals surface area contributed by atoms with E-state index in [2.05, 4.69) is 84.9 Å². The lowest BCUT2D eigenvalue weighted by atomic mass is 10.00. The van der Waals surface area contributed by atoms with Gasteiger partial charge in [-0.05, 0) is 63.2 Å². The molecule has 2 heterocycles. The summed E-state index contributed by atoms with van der Waals surface area (Å²) >= 11 is 0. The number of aryl methyl sites for hydroxylation is 1. The summed E-state index contributed by atoms with van der Waals surface area (Å²) in [5, 5.41) is 3.41. The van der Waals surface area contributed by atoms with E-state index in [0.29, 0.717) is 0 Å². The molecule has 3 nitrogen and oxygen atoms in total. The van der Waals surface area contributed by atoms with Crippen molar-refractivity contribution in [3.05, 3.63) is 83.3 Å². The van der Waals surface area contributed by atoms with E-state index in [1.54, 1.807) is 0 Å². The fraction of sp³-hybridized carbons (Fsp3) is 0.464. The highest BCUT2D eigenvalue weighted by molar-refractivity contribution is 5.78. The Hall–Kier alpha value is -2.39. The van der Waals surface area contributed by atoms with E-state index < -0.39 is 0 Å². The minimum atomic E-state index is 0.850. The summed E-state index contributed by atoms with van der Waals surface area (Å²) in [6, 6.07) is 15.2. The Labute approximate surface area is 189 Å². The molecule has 0 spiro atoms. The van der Waals surface area contributed by atoms with Gasteiger partial charge in [-0.25, -0.2) is 0 Å². The zero-order valence-electron chi connectivity index (χ0n) is 19.4. The molecule has 1 aromatic carbocycles. The number of nitrogens with zero attached hydrogens (tertiary/aromatic N) is 2. The molecule has 166 valence electrons. The number of benzene rings is 1. The van der Waals surface area contributed by atoms with Crippen LogP contribution in [-0.2, 0) is 6.42 Å². The van der Waals surface area contributed by atoms with E-state index in [-0.39, 0.29) is 0 Å². The number of hydrogen-bond acceptors (Lipinski definition) is 3. The quantitative estimate of drug-likeness (QED) is 0.420. The molecule has 1 N–H and O–H groups in total. The van der Waals surface area contributed by atoms with Crippen molar-refractivity contribution < 1.29 is 0 Å². The summed E-state index contributed by atoms with van der Waals surface area (Å²) in [6.07, 6.45) is 15.3. The van der Waals surface area contributed by atoms with E-state index in [1.807, 2.05) is 0 Å². The molecule has 3 heteroatoms. The van der Waals surface area contributed by atoms with Crippen molar-refractivity contribution in [2.45, 2.75) is 58.8 Å². The highest BCUT2D eigenvalue weighted by atomic mass is 15.1. The number of likely N-dealkylation sites (tertiary alicyclic amines) is 1. The molecule has 0 atom stereocenters. The van der Waals surface area contributed by atoms with Gasteiger partial charge < -0.3 is 5.32 Å². The Bertz CT molecular complexity index is 830. The molecule has 0 radical (unpaired) electrons. The summed E-state index contributed by atoms with van der Waals surface area (Å²) in [4.78, 5) is 7.54. The van der Waals surface area contributed by atoms with Gasteiger partial charge in [-0.3, -0.25) is 9.88 Å². The number of pyridine rings is 1. The summed E-state index contributed by atoms with van der Waals surface area (Å²) in [7, 11) is 0. The van der Waals surface area contributed by atoms with Crippen LogP contribution in [0.3, 0.4) is 0 Å². The lowest BCUT2D eigenvalue weighted by Gasteiger charge is -2.14. The van der Waals surface area contributed by atoms with Crippen LogP contribution < -0.4 is 5.32 Å². The summed E-state index contributed by atoms with van der Waals surface area (Å²) in [5.74, 6) is 0. The summed E-state index contributed by atoms with van der Waals surface area (Å²) < 4.78 is 0. The lowest BCUT2D eigenvalue weighted by molar-refractivity contribution is 0.377. The minimum Gasteiger partial charge on any atom is -0.391 e. The molecule has 1 aromatic heterocycles. The molecule has 3 rings (SSSR count). The summed E-state index contributed by atoms with van der Waals surface area (Å²) in [5.41, 5.74) is 5.96. The molecule has 1 aliphatic heterocycles. The molecule has 1 aliphatic rings. The SMILES string of the molecule is CCCCCCNC=CCc1cccc(C(=CCN2CCCC2)c2ccc(C)cc2)n1. The van der Waals surface area contributed by atoms with Crippen molar-refractivity contribution >= 4 is 5.57 Å². The molecule has 31 heavy (non-hydrogen) atoms. The maximum Gasteiger partial charge on any atom is 0.0708 e. The van der Waals surface area contributed by atoms with Crippen molar-refractivity contribution in [3.8, 4) is 0 Å². The normalized spacial score (nSPS) is 15.1. The van der Waals surface area contributed by atoms with Gasteiger partial charge in [0.2, 0.25) is 0 Å². The Balaban J connectivity index is 1.66. The van der Waals surface area contributed by atoms with Crippen LogP contribution in [0.1, 0.15) is 68.0 Å². The summed E-state index contributed by atoms with van der Waals surface area (Å²) in [6.45, 7) is 8.86. The largest absolute Gasteiger partial charge is 0.391 e. The first kappa shape index (κ1) is 23.3. The molecule has 0 amide bonds. The highest BCUT2D eigenvalue weighted by Crippen LogP contribution is 2.23. The Kier molecular flexibility index (Phi) is 9.85. The standard InChI is InChI=1S/C28H39N3/c1-3-4-5-6-19-29-20-10-12-26-11-9-13-28(30-26)27(18-23-31-21-7-8-22-31)25-16-14-24(2)15-17-25/h9-11,13-18,20,29H,3-8,12,19,21-23H2,1-2H3. The average molecular weight is 418 g/mol. The van der Waals surface area contributed by atoms with Gasteiger partial charge in [0, 0.05) is 30.8 Å². The van der Waals surface area contributed by atoms with E-state index >= 15 is 0 Å². The van der Waals surface area contributed by atoms with Crippen LogP contribution >= 0.6 is 0 Å². The van der Waals surface area contributed by atoms with Crippen LogP contribution in [0.25, 0.3) is 5.57 Å². The van der Waals surface area contributed by atoms with Crippen molar-refractivity contribution in [1.29, 1.82) is 0 Å². The number of nitrogens with one attached hydrogen (secondary N) is 1. The lowest BCUT2D eigenvalue weighted by Crippen LogP contribution is -2.19. The Morgan fingerprint density at radius 1 is 1.03 bits per heavy atom. The van der Waals surface area contributed by atoms with Gasteiger partial charge in [0.05, 0.1) is 5.69 Å². The van der Waals surface area contributed by atoms with Gasteiger partial charge >= 0.3 is 0 Å². The van der Waals surface area contributed by atoms with Crippen LogP contribution in [0.4, 0.5) is 0 Å². The average Bonchev–Trinajstić information content (AvgIpc) is 3.31. The first-order valence-electron chi connectivity index (χ1n) is 12.1. The van der Waals surface area contributed by atoms with E-state index in [1.165, 1.54) is 68.3 Å². The minimum absolute atomic E-state index is 0.850. The molecule has 1 fully saturated rings. The number of allylic oxidation sites excluding steroid dienone is 1. The molecule has 1 saturated heterocycles. The van der Waals surface area contributed by atoms with Crippen LogP contribution in [-0.4, -0.2) is 36.1 Å². The third-order valence-corrected chi connectivity index (χ3v) is 5.93. The molecular formula is C28H39N3. The number of rotatable bonds is 12. The first-order chi connectivity index (χ1) is 15.3. The maximum atomic E-state index is 5.01. The van der Waals surface area contributed by atoms with E-state index in [9.17, 15) is 0 Å². The molecular weight excluding hydrogens is 378 g/mol. The van der Waals surface area contributed by atoms with Gasteiger partial charge in [-0.1, -0.05) is 74.2 Å². The molecule has 0 aliphatic carbocycles. The maximum absolute atomic E-state index is 5.01. The van der Waals surface area contributed by atoms with Gasteiger partial charge in [-0.15, -0.1) is 0 Å². The highest BCUT2D eigenvalue weighted by Gasteiger charge is 2.12. The van der Waals surface area contributed by atoms with E-state index in [0.717, 1.165) is 30.9 Å². The van der Waals surface area contributed by atoms with Crippen molar-refractivity contribution in [2.24, 2.45) is 0 Å². The second kappa shape index (κ2) is 13.1. The Morgan fingerprint density at radius 2 is 1.84 bits per heavy atom. The fourth-order valence-electron chi connectivity index (χ4n) is 4.03. The Morgan fingerprint density at radius 3 is 2.61 bits per heavy atom. The topological polar surface area (TPSA) is 28.2 Å². The van der Waals surface area contributed by atoms with Gasteiger partial charge in [-0.2, -0.15) is 0 Å². The van der Waals surface area contributed by atoms with Crippen molar-refractivity contribution in [3.63, 3.8) is 0 Å².